The molecule has 1 aromatic heterocycles. The summed E-state index contributed by atoms with van der Waals surface area (Å²) in [5.74, 6) is 0.394. The summed E-state index contributed by atoms with van der Waals surface area (Å²) in [5.41, 5.74) is 1.71. The van der Waals surface area contributed by atoms with Crippen molar-refractivity contribution >= 4 is 5.91 Å². The van der Waals surface area contributed by atoms with Gasteiger partial charge in [-0.05, 0) is 75.5 Å². The van der Waals surface area contributed by atoms with Crippen LogP contribution in [0.4, 0.5) is 0 Å². The van der Waals surface area contributed by atoms with Gasteiger partial charge >= 0.3 is 0 Å². The predicted molar refractivity (Wildman–Crippen MR) is 98.0 cm³/mol. The van der Waals surface area contributed by atoms with Crippen LogP contribution in [-0.2, 0) is 11.3 Å². The molecule has 5 heteroatoms. The third kappa shape index (κ3) is 3.72. The summed E-state index contributed by atoms with van der Waals surface area (Å²) in [5, 5.41) is 0. The predicted octanol–water partition coefficient (Wildman–Crippen LogP) is 1.99. The molecule has 1 spiro atoms. The van der Waals surface area contributed by atoms with E-state index in [1.54, 1.807) is 0 Å². The molecule has 3 aliphatic rings. The lowest BCUT2D eigenvalue weighted by atomic mass is 9.72. The lowest BCUT2D eigenvalue weighted by molar-refractivity contribution is -0.142. The molecule has 0 aromatic carbocycles. The minimum absolute atomic E-state index is 0.365. The third-order valence-electron chi connectivity index (χ3n) is 6.57. The van der Waals surface area contributed by atoms with Crippen molar-refractivity contribution in [2.75, 3.05) is 39.8 Å². The molecule has 3 fully saturated rings. The molecule has 4 rings (SSSR count). The second-order valence-electron chi connectivity index (χ2n) is 8.36. The zero-order valence-corrected chi connectivity index (χ0v) is 15.4. The first-order valence-electron chi connectivity index (χ1n) is 9.73. The fourth-order valence-corrected chi connectivity index (χ4v) is 4.88. The summed E-state index contributed by atoms with van der Waals surface area (Å²) in [7, 11) is 2.17. The van der Waals surface area contributed by atoms with Crippen molar-refractivity contribution in [1.29, 1.82) is 0 Å². The second kappa shape index (κ2) is 7.04. The Morgan fingerprint density at radius 2 is 1.92 bits per heavy atom. The third-order valence-corrected chi connectivity index (χ3v) is 6.57. The number of carbonyl (C=O) groups is 1. The van der Waals surface area contributed by atoms with Crippen molar-refractivity contribution in [2.24, 2.45) is 5.41 Å². The molecule has 5 nitrogen and oxygen atoms in total. The number of piperidine rings is 2. The standard InChI is InChI=1S/C20H30N4O/c1-22-11-5-18(15-22)24-16-20(6-2-19(24)25)7-12-23(13-8-20)14-17-3-9-21-10-4-17/h3-4,9-10,18H,2,5-8,11-16H2,1H3. The van der Waals surface area contributed by atoms with Crippen LogP contribution in [0.3, 0.4) is 0 Å². The van der Waals surface area contributed by atoms with E-state index in [-0.39, 0.29) is 0 Å². The van der Waals surface area contributed by atoms with Crippen LogP contribution in [0.25, 0.3) is 0 Å². The van der Waals surface area contributed by atoms with Gasteiger partial charge in [0.25, 0.3) is 0 Å². The Morgan fingerprint density at radius 1 is 1.16 bits per heavy atom. The normalized spacial score (nSPS) is 28.0. The van der Waals surface area contributed by atoms with Gasteiger partial charge in [0.1, 0.15) is 0 Å². The van der Waals surface area contributed by atoms with Gasteiger partial charge < -0.3 is 9.80 Å². The number of amides is 1. The summed E-state index contributed by atoms with van der Waals surface area (Å²) < 4.78 is 0. The highest BCUT2D eigenvalue weighted by molar-refractivity contribution is 5.77. The zero-order chi connectivity index (χ0) is 17.3. The zero-order valence-electron chi connectivity index (χ0n) is 15.4. The Labute approximate surface area is 151 Å². The molecule has 0 radical (unpaired) electrons. The fraction of sp³-hybridized carbons (Fsp3) is 0.700. The second-order valence-corrected chi connectivity index (χ2v) is 8.36. The molecule has 25 heavy (non-hydrogen) atoms. The van der Waals surface area contributed by atoms with Crippen LogP contribution < -0.4 is 0 Å². The summed E-state index contributed by atoms with van der Waals surface area (Å²) in [6, 6.07) is 4.67. The summed E-state index contributed by atoms with van der Waals surface area (Å²) in [4.78, 5) is 23.8. The average molecular weight is 342 g/mol. The molecule has 0 N–H and O–H groups in total. The van der Waals surface area contributed by atoms with Gasteiger partial charge in [-0.3, -0.25) is 14.7 Å². The summed E-state index contributed by atoms with van der Waals surface area (Å²) in [6.07, 6.45) is 9.20. The SMILES string of the molecule is CN1CCC(N2CC3(CCC2=O)CCN(Cc2ccncc2)CC3)C1. The highest BCUT2D eigenvalue weighted by Crippen LogP contribution is 2.41. The van der Waals surface area contributed by atoms with Gasteiger partial charge in [-0.2, -0.15) is 0 Å². The van der Waals surface area contributed by atoms with Crippen LogP contribution in [0.2, 0.25) is 0 Å². The van der Waals surface area contributed by atoms with Crippen LogP contribution in [0.15, 0.2) is 24.5 Å². The monoisotopic (exact) mass is 342 g/mol. The Hall–Kier alpha value is -1.46. The maximum atomic E-state index is 12.5. The minimum atomic E-state index is 0.365. The molecule has 1 amide bonds. The van der Waals surface area contributed by atoms with E-state index in [1.807, 2.05) is 12.4 Å². The molecule has 3 saturated heterocycles. The molecule has 3 aliphatic heterocycles. The molecule has 1 atom stereocenters. The molecule has 1 aromatic rings. The molecule has 4 heterocycles. The number of likely N-dealkylation sites (tertiary alicyclic amines) is 3. The van der Waals surface area contributed by atoms with E-state index in [0.29, 0.717) is 17.4 Å². The van der Waals surface area contributed by atoms with Gasteiger partial charge in [-0.1, -0.05) is 0 Å². The number of pyridine rings is 1. The van der Waals surface area contributed by atoms with Gasteiger partial charge in [-0.15, -0.1) is 0 Å². The van der Waals surface area contributed by atoms with Crippen molar-refractivity contribution in [3.8, 4) is 0 Å². The van der Waals surface area contributed by atoms with Crippen LogP contribution in [0, 0.1) is 5.41 Å². The quantitative estimate of drug-likeness (QED) is 0.842. The van der Waals surface area contributed by atoms with Crippen LogP contribution in [0.1, 0.15) is 37.7 Å². The van der Waals surface area contributed by atoms with Crippen molar-refractivity contribution < 1.29 is 4.79 Å². The molecule has 0 aliphatic carbocycles. The lowest BCUT2D eigenvalue weighted by Gasteiger charge is -2.49. The van der Waals surface area contributed by atoms with Gasteiger partial charge in [-0.25, -0.2) is 0 Å². The number of carbonyl (C=O) groups excluding carboxylic acids is 1. The topological polar surface area (TPSA) is 39.7 Å². The Bertz CT molecular complexity index is 597. The molecular weight excluding hydrogens is 312 g/mol. The first kappa shape index (κ1) is 17.0. The number of hydrogen-bond donors (Lipinski definition) is 0. The maximum Gasteiger partial charge on any atom is 0.222 e. The van der Waals surface area contributed by atoms with Gasteiger partial charge in [0.15, 0.2) is 0 Å². The van der Waals surface area contributed by atoms with Crippen molar-refractivity contribution in [3.63, 3.8) is 0 Å². The Balaban J connectivity index is 1.36. The molecule has 0 bridgehead atoms. The van der Waals surface area contributed by atoms with E-state index < -0.39 is 0 Å². The Kier molecular flexibility index (Phi) is 4.78. The highest BCUT2D eigenvalue weighted by Gasteiger charge is 2.43. The smallest absolute Gasteiger partial charge is 0.222 e. The van der Waals surface area contributed by atoms with Crippen LogP contribution >= 0.6 is 0 Å². The average Bonchev–Trinajstić information content (AvgIpc) is 3.07. The van der Waals surface area contributed by atoms with Gasteiger partial charge in [0.2, 0.25) is 5.91 Å². The highest BCUT2D eigenvalue weighted by atomic mass is 16.2. The van der Waals surface area contributed by atoms with Crippen LogP contribution in [0.5, 0.6) is 0 Å². The molecule has 0 saturated carbocycles. The number of hydrogen-bond acceptors (Lipinski definition) is 4. The van der Waals surface area contributed by atoms with E-state index in [1.165, 1.54) is 18.4 Å². The Morgan fingerprint density at radius 3 is 2.60 bits per heavy atom. The van der Waals surface area contributed by atoms with E-state index in [9.17, 15) is 4.79 Å². The minimum Gasteiger partial charge on any atom is -0.338 e. The number of nitrogens with zero attached hydrogens (tertiary/aromatic N) is 4. The van der Waals surface area contributed by atoms with E-state index >= 15 is 0 Å². The van der Waals surface area contributed by atoms with E-state index in [4.69, 9.17) is 0 Å². The van der Waals surface area contributed by atoms with Crippen molar-refractivity contribution in [3.05, 3.63) is 30.1 Å². The lowest BCUT2D eigenvalue weighted by Crippen LogP contribution is -2.54. The maximum absolute atomic E-state index is 12.5. The number of aromatic nitrogens is 1. The fourth-order valence-electron chi connectivity index (χ4n) is 4.88. The van der Waals surface area contributed by atoms with Crippen molar-refractivity contribution in [1.82, 2.24) is 19.7 Å². The van der Waals surface area contributed by atoms with E-state index in [0.717, 1.165) is 58.5 Å². The number of rotatable bonds is 3. The van der Waals surface area contributed by atoms with E-state index in [2.05, 4.69) is 38.9 Å². The largest absolute Gasteiger partial charge is 0.338 e. The molecule has 136 valence electrons. The molecule has 1 unspecified atom stereocenters. The first-order chi connectivity index (χ1) is 12.1. The molecular formula is C20H30N4O. The van der Waals surface area contributed by atoms with Gasteiger partial charge in [0.05, 0.1) is 0 Å². The van der Waals surface area contributed by atoms with Crippen molar-refractivity contribution in [2.45, 2.75) is 44.7 Å². The van der Waals surface area contributed by atoms with Gasteiger partial charge in [0, 0.05) is 44.5 Å². The van der Waals surface area contributed by atoms with Crippen LogP contribution in [-0.4, -0.2) is 71.4 Å². The summed E-state index contributed by atoms with van der Waals surface area (Å²) >= 11 is 0. The summed E-state index contributed by atoms with van der Waals surface area (Å²) in [6.45, 7) is 6.49. The number of likely N-dealkylation sites (N-methyl/N-ethyl adjacent to an activating group) is 1. The first-order valence-corrected chi connectivity index (χ1v) is 9.73.